The van der Waals surface area contributed by atoms with Crippen molar-refractivity contribution >= 4 is 122 Å². The second-order valence-electron chi connectivity index (χ2n) is 18.6. The maximum atomic E-state index is 10.6. The van der Waals surface area contributed by atoms with E-state index in [1.165, 1.54) is 65.2 Å². The van der Waals surface area contributed by atoms with Crippen LogP contribution in [0.5, 0.6) is 23.0 Å². The van der Waals surface area contributed by atoms with Crippen LogP contribution in [0.1, 0.15) is 105 Å². The number of rotatable bonds is 10. The number of benzene rings is 8. The molecule has 8 aromatic carbocycles. The fraction of sp³-hybridized carbons (Fsp3) is 0.262. The van der Waals surface area contributed by atoms with Crippen LogP contribution in [0.3, 0.4) is 0 Å². The van der Waals surface area contributed by atoms with Gasteiger partial charge in [0, 0.05) is 36.4 Å². The Bertz CT molecular complexity index is 3100. The van der Waals surface area contributed by atoms with Crippen LogP contribution >= 0.6 is 105 Å². The summed E-state index contributed by atoms with van der Waals surface area (Å²) in [5, 5.41) is 78.3. The number of hydrogen-bond acceptors (Lipinski definition) is 11. The van der Waals surface area contributed by atoms with E-state index in [0.29, 0.717) is 41.4 Å². The molecule has 0 amide bonds. The van der Waals surface area contributed by atoms with Crippen molar-refractivity contribution in [3.63, 3.8) is 0 Å². The summed E-state index contributed by atoms with van der Waals surface area (Å²) in [5.74, 6) is 1.48. The molecule has 0 aliphatic carbocycles. The van der Waals surface area contributed by atoms with Gasteiger partial charge in [0.15, 0.2) is 0 Å². The summed E-state index contributed by atoms with van der Waals surface area (Å²) in [5.41, 5.74) is 16.1. The molecule has 0 unspecified atom stereocenters. The van der Waals surface area contributed by atoms with Gasteiger partial charge in [-0.3, -0.25) is 30.3 Å². The number of phenolic OH excluding ortho intramolecular Hbond substituents is 4. The van der Waals surface area contributed by atoms with Gasteiger partial charge in [-0.2, -0.15) is 0 Å². The summed E-state index contributed by atoms with van der Waals surface area (Å²) in [7, 11) is 0. The third-order valence-electron chi connectivity index (χ3n) is 12.1. The minimum absolute atomic E-state index is 0. The van der Waals surface area contributed by atoms with E-state index < -0.39 is 14.8 Å². The number of nitro groups is 3. The van der Waals surface area contributed by atoms with Crippen molar-refractivity contribution in [3.05, 3.63) is 271 Å². The normalized spacial score (nSPS) is 9.47. The number of halogens is 5. The first-order valence-electron chi connectivity index (χ1n) is 25.2. The molecule has 468 valence electrons. The molecule has 7 N–H and O–H groups in total. The SMILES string of the molecule is C.C.CI.CI.Cc1cc(Cc2ccc([N+](=O)[O-])cc2)cc(C)c1O.Cc1cc(Cc2ccc([N+](=O)[O-])cc2)cc(C)c1O.Cc1ccc(Cc2cc(C)c(O)c(C)c2)cc1.Cc1cccc(C)c1O.O.O=[N+]([O-])c1ccc(CO)cc1.[H+].[I][V]([I])[I]. The Hall–Kier alpha value is -4.69. The quantitative estimate of drug-likeness (QED) is 0.0372. The summed E-state index contributed by atoms with van der Waals surface area (Å²) in [4.78, 5) is 33.7. The molecule has 21 heteroatoms. The Kier molecular flexibility index (Phi) is 45.3. The van der Waals surface area contributed by atoms with E-state index in [1.54, 1.807) is 24.3 Å². The van der Waals surface area contributed by atoms with Gasteiger partial charge in [0.2, 0.25) is 0 Å². The Balaban J connectivity index is -0.000000484. The van der Waals surface area contributed by atoms with Crippen molar-refractivity contribution < 1.29 is 52.1 Å². The van der Waals surface area contributed by atoms with Crippen LogP contribution in [0.2, 0.25) is 0 Å². The first-order chi connectivity index (χ1) is 39.2. The standard InChI is InChI=1S/C16H18O.2C15H15NO3.C8H10O.C7H7NO3.2CH3I.2CH4.3HI.H2O.V/c1-11-4-6-14(7-5-11)10-15-8-12(2)16(17)13(3)9-15;2*1-10-7-13(8-11(2)15(10)17)9-12-3-5-14(6-4-12)16(18)19;1-6-4-3-5-7(2)8(6)9;9-5-6-1-3-7(4-2-6)8(10)11;2*1-2;;;;;;;/h4-9,17H,10H2,1-3H3;2*3-8,17H,9H2,1-2H3;3-5,9H,1-2H3;1-4,9H,5H2;2*1H3;2*1H4;3*1H;1H2;/q;;;;;;;;;;;;;+3/p-2. The number of para-hydroxylation sites is 1. The minimum atomic E-state index is -0.471. The number of aliphatic hydroxyl groups is 1. The molecule has 0 heterocycles. The second kappa shape index (κ2) is 45.6. The maximum absolute atomic E-state index is 10.6. The second-order valence-corrected chi connectivity index (χ2v) is 54.0. The number of non-ortho nitro benzene ring substituents is 3. The van der Waals surface area contributed by atoms with Crippen molar-refractivity contribution in [1.82, 2.24) is 0 Å². The Morgan fingerprint density at radius 3 is 0.767 bits per heavy atom. The fourth-order valence-corrected chi connectivity index (χ4v) is 7.86. The van der Waals surface area contributed by atoms with Crippen molar-refractivity contribution in [1.29, 1.82) is 0 Å². The molecule has 15 nitrogen and oxygen atoms in total. The first kappa shape index (κ1) is 85.5. The number of hydrogen-bond donors (Lipinski definition) is 5. The van der Waals surface area contributed by atoms with Gasteiger partial charge >= 0.3 is 66.3 Å². The summed E-state index contributed by atoms with van der Waals surface area (Å²) < 4.78 is 0. The van der Waals surface area contributed by atoms with Gasteiger partial charge in [0.05, 0.1) is 21.4 Å². The average Bonchev–Trinajstić information content (AvgIpc) is 3.63. The van der Waals surface area contributed by atoms with E-state index in [2.05, 4.69) is 148 Å². The fourth-order valence-electron chi connectivity index (χ4n) is 7.86. The molecule has 0 spiro atoms. The van der Waals surface area contributed by atoms with Crippen LogP contribution in [-0.4, -0.2) is 55.6 Å². The van der Waals surface area contributed by atoms with Crippen LogP contribution in [0, 0.1) is 92.7 Å². The molecule has 0 saturated carbocycles. The van der Waals surface area contributed by atoms with Crippen LogP contribution in [0.15, 0.2) is 152 Å². The van der Waals surface area contributed by atoms with Gasteiger partial charge in [-0.05, 0) is 187 Å². The van der Waals surface area contributed by atoms with Crippen molar-refractivity contribution in [2.24, 2.45) is 0 Å². The molecule has 0 fully saturated rings. The molecule has 0 bridgehead atoms. The van der Waals surface area contributed by atoms with E-state index >= 15 is 0 Å². The van der Waals surface area contributed by atoms with Crippen molar-refractivity contribution in [3.8, 4) is 23.0 Å². The molecule has 0 saturated heterocycles. The van der Waals surface area contributed by atoms with E-state index in [1.807, 2.05) is 108 Å². The molecule has 0 aliphatic heterocycles. The molecule has 0 aromatic heterocycles. The summed E-state index contributed by atoms with van der Waals surface area (Å²) in [6.07, 6.45) is 2.31. The number of nitro benzene ring substituents is 3. The van der Waals surface area contributed by atoms with Gasteiger partial charge in [-0.1, -0.05) is 169 Å². The Morgan fingerprint density at radius 2 is 0.570 bits per heavy atom. The molecule has 8 rings (SSSR count). The molecular formula is C65H82I5N3O12V+. The number of aliphatic hydroxyl groups excluding tert-OH is 1. The summed E-state index contributed by atoms with van der Waals surface area (Å²) in [6, 6.07) is 45.0. The van der Waals surface area contributed by atoms with Gasteiger partial charge < -0.3 is 31.0 Å². The van der Waals surface area contributed by atoms with Crippen LogP contribution in [0.25, 0.3) is 0 Å². The molecule has 0 radical (unpaired) electrons. The molecule has 86 heavy (non-hydrogen) atoms. The van der Waals surface area contributed by atoms with Crippen molar-refractivity contribution in [2.45, 2.75) is 103 Å². The monoisotopic (exact) mass is 1780 g/mol. The van der Waals surface area contributed by atoms with Crippen LogP contribution in [-0.2, 0) is 30.8 Å². The van der Waals surface area contributed by atoms with E-state index in [-0.39, 0.29) is 50.3 Å². The van der Waals surface area contributed by atoms with Crippen LogP contribution < -0.4 is 0 Å². The zero-order chi connectivity index (χ0) is 63.1. The number of phenols is 4. The molecule has 0 atom stereocenters. The number of aryl methyl sites for hydroxylation is 9. The van der Waals surface area contributed by atoms with E-state index in [0.717, 1.165) is 73.2 Å². The third kappa shape index (κ3) is 32.0. The summed E-state index contributed by atoms with van der Waals surface area (Å²) >= 11 is 11.7. The van der Waals surface area contributed by atoms with Gasteiger partial charge in [-0.15, -0.1) is 0 Å². The third-order valence-corrected chi connectivity index (χ3v) is 12.1. The van der Waals surface area contributed by atoms with Gasteiger partial charge in [0.25, 0.3) is 17.1 Å². The predicted molar refractivity (Wildman–Crippen MR) is 395 cm³/mol. The van der Waals surface area contributed by atoms with Crippen LogP contribution in [0.4, 0.5) is 17.1 Å². The molecule has 8 aromatic rings. The number of nitrogens with zero attached hydrogens (tertiary/aromatic N) is 3. The summed E-state index contributed by atoms with van der Waals surface area (Å²) in [6.45, 7) is 17.1. The number of aromatic hydroxyl groups is 4. The number of alkyl halides is 2. The predicted octanol–water partition coefficient (Wildman–Crippen LogP) is 19.3. The molecular weight excluding hydrogens is 1700 g/mol. The zero-order valence-electron chi connectivity index (χ0n) is 49.6. The Morgan fingerprint density at radius 1 is 0.372 bits per heavy atom. The zero-order valence-corrected chi connectivity index (χ0v) is 60.8. The van der Waals surface area contributed by atoms with Gasteiger partial charge in [-0.25, -0.2) is 0 Å². The van der Waals surface area contributed by atoms with E-state index in [4.69, 9.17) is 5.11 Å². The van der Waals surface area contributed by atoms with Gasteiger partial charge in [0.1, 0.15) is 23.0 Å². The average molecular weight is 1780 g/mol. The first-order valence-corrected chi connectivity index (χ1v) is 43.0. The Labute approximate surface area is 574 Å². The molecule has 0 aliphatic rings. The van der Waals surface area contributed by atoms with E-state index in [9.17, 15) is 50.8 Å². The topological polar surface area (TPSA) is 262 Å². The van der Waals surface area contributed by atoms with Crippen molar-refractivity contribution in [2.75, 3.05) is 9.86 Å².